The van der Waals surface area contributed by atoms with Crippen LogP contribution in [0.1, 0.15) is 29.3 Å². The zero-order chi connectivity index (χ0) is 15.0. The molecule has 0 saturated carbocycles. The van der Waals surface area contributed by atoms with Crippen molar-refractivity contribution in [1.82, 2.24) is 15.6 Å². The molecule has 2 amide bonds. The van der Waals surface area contributed by atoms with Gasteiger partial charge in [-0.15, -0.1) is 11.3 Å². The number of urea groups is 1. The lowest BCUT2D eigenvalue weighted by Crippen LogP contribution is -2.40. The van der Waals surface area contributed by atoms with Crippen LogP contribution in [0.15, 0.2) is 5.38 Å². The first-order chi connectivity index (χ1) is 9.52. The zero-order valence-corrected chi connectivity index (χ0v) is 12.3. The van der Waals surface area contributed by atoms with Gasteiger partial charge in [-0.05, 0) is 13.8 Å². The SMILES string of the molecule is CCOC(C)CNC(=O)NCCc1nc(C(=O)O)cs1. The minimum atomic E-state index is -1.04. The number of rotatable bonds is 8. The molecule has 8 heteroatoms. The third kappa shape index (κ3) is 5.98. The second kappa shape index (κ2) is 8.49. The van der Waals surface area contributed by atoms with Crippen molar-refractivity contribution in [2.45, 2.75) is 26.4 Å². The number of thiazole rings is 1. The summed E-state index contributed by atoms with van der Waals surface area (Å²) in [6.45, 7) is 5.24. The van der Waals surface area contributed by atoms with Gasteiger partial charge in [0.2, 0.25) is 0 Å². The van der Waals surface area contributed by atoms with Gasteiger partial charge in [0.25, 0.3) is 0 Å². The molecule has 1 aromatic heterocycles. The van der Waals surface area contributed by atoms with Gasteiger partial charge in [-0.25, -0.2) is 14.6 Å². The second-order valence-corrected chi connectivity index (χ2v) is 5.03. The molecule has 1 unspecified atom stereocenters. The van der Waals surface area contributed by atoms with Crippen molar-refractivity contribution in [3.05, 3.63) is 16.1 Å². The number of ether oxygens (including phenoxy) is 1. The van der Waals surface area contributed by atoms with Gasteiger partial charge in [0.05, 0.1) is 11.1 Å². The van der Waals surface area contributed by atoms with Crippen molar-refractivity contribution in [3.8, 4) is 0 Å². The van der Waals surface area contributed by atoms with Crippen molar-refractivity contribution in [3.63, 3.8) is 0 Å². The standard InChI is InChI=1S/C12H19N3O4S/c1-3-19-8(2)6-14-12(18)13-5-4-10-15-9(7-20-10)11(16)17/h7-8H,3-6H2,1-2H3,(H,16,17)(H2,13,14,18). The van der Waals surface area contributed by atoms with E-state index in [9.17, 15) is 9.59 Å². The third-order valence-corrected chi connectivity index (χ3v) is 3.31. The molecule has 0 aliphatic heterocycles. The van der Waals surface area contributed by atoms with E-state index < -0.39 is 5.97 Å². The topological polar surface area (TPSA) is 101 Å². The van der Waals surface area contributed by atoms with E-state index in [0.29, 0.717) is 31.1 Å². The number of aromatic nitrogens is 1. The minimum absolute atomic E-state index is 0.0252. The minimum Gasteiger partial charge on any atom is -0.476 e. The Morgan fingerprint density at radius 2 is 2.25 bits per heavy atom. The monoisotopic (exact) mass is 301 g/mol. The van der Waals surface area contributed by atoms with Crippen LogP contribution in [0.3, 0.4) is 0 Å². The zero-order valence-electron chi connectivity index (χ0n) is 11.5. The van der Waals surface area contributed by atoms with Gasteiger partial charge in [0.15, 0.2) is 5.69 Å². The predicted octanol–water partition coefficient (Wildman–Crippen LogP) is 1.11. The maximum absolute atomic E-state index is 11.5. The molecule has 0 radical (unpaired) electrons. The van der Waals surface area contributed by atoms with Crippen LogP contribution in [0, 0.1) is 0 Å². The molecule has 1 heterocycles. The average Bonchev–Trinajstić information content (AvgIpc) is 2.86. The smallest absolute Gasteiger partial charge is 0.355 e. The summed E-state index contributed by atoms with van der Waals surface area (Å²) in [5, 5.41) is 16.3. The number of carbonyl (C=O) groups excluding carboxylic acids is 1. The number of nitrogens with zero attached hydrogens (tertiary/aromatic N) is 1. The molecule has 3 N–H and O–H groups in total. The Morgan fingerprint density at radius 1 is 1.50 bits per heavy atom. The molecule has 0 aliphatic rings. The first-order valence-electron chi connectivity index (χ1n) is 6.34. The molecule has 0 fully saturated rings. The molecule has 0 bridgehead atoms. The number of nitrogens with one attached hydrogen (secondary N) is 2. The van der Waals surface area contributed by atoms with E-state index in [0.717, 1.165) is 0 Å². The van der Waals surface area contributed by atoms with E-state index in [1.807, 2.05) is 13.8 Å². The summed E-state index contributed by atoms with van der Waals surface area (Å²) in [6, 6.07) is -0.272. The van der Waals surface area contributed by atoms with E-state index in [1.165, 1.54) is 16.7 Å². The van der Waals surface area contributed by atoms with Crippen LogP contribution in [0.5, 0.6) is 0 Å². The molecule has 1 rings (SSSR count). The Bertz CT molecular complexity index is 450. The first-order valence-corrected chi connectivity index (χ1v) is 7.21. The summed E-state index contributed by atoms with van der Waals surface area (Å²) in [6.07, 6.45) is 0.481. The third-order valence-electron chi connectivity index (χ3n) is 2.40. The highest BCUT2D eigenvalue weighted by molar-refractivity contribution is 7.09. The molecule has 0 spiro atoms. The highest BCUT2D eigenvalue weighted by Crippen LogP contribution is 2.09. The Morgan fingerprint density at radius 3 is 2.85 bits per heavy atom. The molecule has 112 valence electrons. The van der Waals surface area contributed by atoms with Gasteiger partial charge in [0, 0.05) is 31.5 Å². The van der Waals surface area contributed by atoms with Gasteiger partial charge in [-0.3, -0.25) is 0 Å². The van der Waals surface area contributed by atoms with Crippen molar-refractivity contribution in [2.24, 2.45) is 0 Å². The molecule has 0 saturated heterocycles. The van der Waals surface area contributed by atoms with Crippen LogP contribution < -0.4 is 10.6 Å². The van der Waals surface area contributed by atoms with Crippen molar-refractivity contribution in [1.29, 1.82) is 0 Å². The molecular formula is C12H19N3O4S. The molecule has 20 heavy (non-hydrogen) atoms. The number of carboxylic acids is 1. The second-order valence-electron chi connectivity index (χ2n) is 4.08. The lowest BCUT2D eigenvalue weighted by molar-refractivity contribution is 0.0691. The van der Waals surface area contributed by atoms with E-state index in [-0.39, 0.29) is 17.8 Å². The fourth-order valence-electron chi connectivity index (χ4n) is 1.45. The highest BCUT2D eigenvalue weighted by atomic mass is 32.1. The predicted molar refractivity (Wildman–Crippen MR) is 75.3 cm³/mol. The van der Waals surface area contributed by atoms with Crippen LogP contribution in [0.4, 0.5) is 4.79 Å². The number of hydrogen-bond acceptors (Lipinski definition) is 5. The number of aromatic carboxylic acids is 1. The Balaban J connectivity index is 2.19. The van der Waals surface area contributed by atoms with Crippen LogP contribution >= 0.6 is 11.3 Å². The van der Waals surface area contributed by atoms with E-state index in [2.05, 4.69) is 15.6 Å². The largest absolute Gasteiger partial charge is 0.476 e. The van der Waals surface area contributed by atoms with Crippen molar-refractivity contribution >= 4 is 23.3 Å². The van der Waals surface area contributed by atoms with Gasteiger partial charge in [0.1, 0.15) is 0 Å². The Labute approximate surface area is 121 Å². The number of carboxylic acid groups (broad SMARTS) is 1. The van der Waals surface area contributed by atoms with Crippen molar-refractivity contribution < 1.29 is 19.4 Å². The fourth-order valence-corrected chi connectivity index (χ4v) is 2.22. The lowest BCUT2D eigenvalue weighted by atomic mass is 10.4. The highest BCUT2D eigenvalue weighted by Gasteiger charge is 2.09. The van der Waals surface area contributed by atoms with Crippen LogP contribution in [0.25, 0.3) is 0 Å². The summed E-state index contributed by atoms with van der Waals surface area (Å²) in [4.78, 5) is 26.1. The summed E-state index contributed by atoms with van der Waals surface area (Å²) in [5.41, 5.74) is 0.0417. The van der Waals surface area contributed by atoms with Gasteiger partial charge < -0.3 is 20.5 Å². The molecule has 1 atom stereocenters. The lowest BCUT2D eigenvalue weighted by Gasteiger charge is -2.12. The number of hydrogen-bond donors (Lipinski definition) is 3. The van der Waals surface area contributed by atoms with Crippen LogP contribution in [-0.4, -0.2) is 47.9 Å². The van der Waals surface area contributed by atoms with Crippen LogP contribution in [-0.2, 0) is 11.2 Å². The van der Waals surface area contributed by atoms with Gasteiger partial charge in [-0.2, -0.15) is 0 Å². The van der Waals surface area contributed by atoms with Crippen LogP contribution in [0.2, 0.25) is 0 Å². The Kier molecular flexibility index (Phi) is 6.96. The molecule has 0 aromatic carbocycles. The number of carbonyl (C=O) groups is 2. The normalized spacial score (nSPS) is 11.9. The molecule has 7 nitrogen and oxygen atoms in total. The summed E-state index contributed by atoms with van der Waals surface area (Å²) in [5.74, 6) is -1.04. The first kappa shape index (κ1) is 16.4. The van der Waals surface area contributed by atoms with Crippen molar-refractivity contribution in [2.75, 3.05) is 19.7 Å². The summed E-state index contributed by atoms with van der Waals surface area (Å²) >= 11 is 1.27. The Hall–Kier alpha value is -1.67. The molecular weight excluding hydrogens is 282 g/mol. The quantitative estimate of drug-likeness (QED) is 0.668. The van der Waals surface area contributed by atoms with Gasteiger partial charge >= 0.3 is 12.0 Å². The van der Waals surface area contributed by atoms with E-state index in [4.69, 9.17) is 9.84 Å². The summed E-state index contributed by atoms with van der Waals surface area (Å²) < 4.78 is 5.28. The maximum Gasteiger partial charge on any atom is 0.355 e. The fraction of sp³-hybridized carbons (Fsp3) is 0.583. The summed E-state index contributed by atoms with van der Waals surface area (Å²) in [7, 11) is 0. The van der Waals surface area contributed by atoms with E-state index in [1.54, 1.807) is 0 Å². The van der Waals surface area contributed by atoms with E-state index >= 15 is 0 Å². The maximum atomic E-state index is 11.5. The molecule has 0 aliphatic carbocycles. The van der Waals surface area contributed by atoms with Gasteiger partial charge in [-0.1, -0.05) is 0 Å². The molecule has 1 aromatic rings. The number of amides is 2. The average molecular weight is 301 g/mol.